The average Bonchev–Trinajstić information content (AvgIpc) is 2.37. The quantitative estimate of drug-likeness (QED) is 0.771. The van der Waals surface area contributed by atoms with Gasteiger partial charge in [-0.25, -0.2) is 4.72 Å². The molecule has 0 fully saturated rings. The number of nitrogens with zero attached hydrogens (tertiary/aromatic N) is 1. The van der Waals surface area contributed by atoms with E-state index in [9.17, 15) is 8.42 Å². The van der Waals surface area contributed by atoms with E-state index in [2.05, 4.69) is 4.72 Å². The zero-order valence-corrected chi connectivity index (χ0v) is 11.7. The van der Waals surface area contributed by atoms with Crippen molar-refractivity contribution in [3.63, 3.8) is 0 Å². The number of hydrogen-bond donors (Lipinski definition) is 2. The highest BCUT2D eigenvalue weighted by molar-refractivity contribution is 7.87. The third-order valence-corrected chi connectivity index (χ3v) is 4.19. The monoisotopic (exact) mass is 271 g/mol. The van der Waals surface area contributed by atoms with Crippen molar-refractivity contribution in [2.24, 2.45) is 5.73 Å². The summed E-state index contributed by atoms with van der Waals surface area (Å²) in [5.41, 5.74) is 7.53. The molecule has 0 atom stereocenters. The van der Waals surface area contributed by atoms with Crippen LogP contribution in [0.4, 0.5) is 0 Å². The fourth-order valence-corrected chi connectivity index (χ4v) is 2.57. The number of rotatable bonds is 7. The first-order chi connectivity index (χ1) is 8.51. The third-order valence-electron chi connectivity index (χ3n) is 2.68. The van der Waals surface area contributed by atoms with Crippen LogP contribution in [0, 0.1) is 0 Å². The van der Waals surface area contributed by atoms with Gasteiger partial charge in [0.2, 0.25) is 0 Å². The van der Waals surface area contributed by atoms with Crippen LogP contribution in [-0.2, 0) is 23.3 Å². The molecule has 0 aliphatic rings. The number of nitrogens with one attached hydrogen (secondary N) is 1. The van der Waals surface area contributed by atoms with Gasteiger partial charge in [-0.15, -0.1) is 0 Å². The van der Waals surface area contributed by atoms with Gasteiger partial charge in [-0.1, -0.05) is 31.2 Å². The second-order valence-corrected chi connectivity index (χ2v) is 5.99. The molecule has 0 spiro atoms. The summed E-state index contributed by atoms with van der Waals surface area (Å²) in [4.78, 5) is 0. The van der Waals surface area contributed by atoms with Crippen LogP contribution in [0.2, 0.25) is 0 Å². The molecule has 6 heteroatoms. The summed E-state index contributed by atoms with van der Waals surface area (Å²) in [5.74, 6) is 0. The molecule has 102 valence electrons. The Balaban J connectivity index is 2.78. The molecule has 0 saturated heterocycles. The molecule has 1 aromatic carbocycles. The van der Waals surface area contributed by atoms with Crippen molar-refractivity contribution in [1.82, 2.24) is 9.03 Å². The second-order valence-electron chi connectivity index (χ2n) is 4.13. The molecule has 0 aromatic heterocycles. The van der Waals surface area contributed by atoms with Gasteiger partial charge in [-0.05, 0) is 17.5 Å². The molecule has 1 rings (SSSR count). The van der Waals surface area contributed by atoms with E-state index in [0.29, 0.717) is 19.6 Å². The summed E-state index contributed by atoms with van der Waals surface area (Å²) in [6.45, 7) is 3.11. The van der Waals surface area contributed by atoms with Gasteiger partial charge in [0.15, 0.2) is 0 Å². The Morgan fingerprint density at radius 2 is 1.89 bits per heavy atom. The van der Waals surface area contributed by atoms with E-state index in [1.165, 1.54) is 4.31 Å². The summed E-state index contributed by atoms with van der Waals surface area (Å²) in [6.07, 6.45) is 0.770. The minimum atomic E-state index is -3.40. The van der Waals surface area contributed by atoms with Crippen LogP contribution < -0.4 is 10.5 Å². The van der Waals surface area contributed by atoms with Crippen molar-refractivity contribution in [1.29, 1.82) is 0 Å². The SMILES string of the molecule is CCCNS(=O)(=O)N(C)Cc1ccccc1CN. The van der Waals surface area contributed by atoms with E-state index in [4.69, 9.17) is 5.73 Å². The van der Waals surface area contributed by atoms with Crippen LogP contribution in [0.1, 0.15) is 24.5 Å². The fraction of sp³-hybridized carbons (Fsp3) is 0.500. The normalized spacial score (nSPS) is 12.0. The lowest BCUT2D eigenvalue weighted by Gasteiger charge is -2.19. The molecule has 5 nitrogen and oxygen atoms in total. The molecular weight excluding hydrogens is 250 g/mol. The highest BCUT2D eigenvalue weighted by Crippen LogP contribution is 2.11. The summed E-state index contributed by atoms with van der Waals surface area (Å²) in [7, 11) is -1.84. The van der Waals surface area contributed by atoms with Crippen LogP contribution in [0.3, 0.4) is 0 Å². The molecular formula is C12H21N3O2S. The third kappa shape index (κ3) is 4.06. The predicted octanol–water partition coefficient (Wildman–Crippen LogP) is 0.821. The summed E-state index contributed by atoms with van der Waals surface area (Å²) in [6, 6.07) is 7.59. The second kappa shape index (κ2) is 6.84. The lowest BCUT2D eigenvalue weighted by molar-refractivity contribution is 0.454. The van der Waals surface area contributed by atoms with Gasteiger partial charge in [0.25, 0.3) is 10.2 Å². The van der Waals surface area contributed by atoms with Gasteiger partial charge in [-0.2, -0.15) is 12.7 Å². The Morgan fingerprint density at radius 3 is 2.44 bits per heavy atom. The van der Waals surface area contributed by atoms with Gasteiger partial charge < -0.3 is 5.73 Å². The van der Waals surface area contributed by atoms with Crippen LogP contribution in [0.5, 0.6) is 0 Å². The first-order valence-electron chi connectivity index (χ1n) is 5.99. The molecule has 3 N–H and O–H groups in total. The van der Waals surface area contributed by atoms with Gasteiger partial charge in [0.1, 0.15) is 0 Å². The summed E-state index contributed by atoms with van der Waals surface area (Å²) in [5, 5.41) is 0. The standard InChI is InChI=1S/C12H21N3O2S/c1-3-8-14-18(16,17)15(2)10-12-7-5-4-6-11(12)9-13/h4-7,14H,3,8-10,13H2,1-2H3. The van der Waals surface area contributed by atoms with Crippen molar-refractivity contribution >= 4 is 10.2 Å². The van der Waals surface area contributed by atoms with E-state index >= 15 is 0 Å². The van der Waals surface area contributed by atoms with Crippen LogP contribution >= 0.6 is 0 Å². The van der Waals surface area contributed by atoms with Gasteiger partial charge >= 0.3 is 0 Å². The first kappa shape index (κ1) is 15.1. The molecule has 0 heterocycles. The van der Waals surface area contributed by atoms with E-state index in [-0.39, 0.29) is 0 Å². The van der Waals surface area contributed by atoms with E-state index < -0.39 is 10.2 Å². The molecule has 0 aliphatic carbocycles. The van der Waals surface area contributed by atoms with Crippen LogP contribution in [-0.4, -0.2) is 26.3 Å². The van der Waals surface area contributed by atoms with Crippen LogP contribution in [0.25, 0.3) is 0 Å². The van der Waals surface area contributed by atoms with Crippen molar-refractivity contribution in [3.05, 3.63) is 35.4 Å². The van der Waals surface area contributed by atoms with Gasteiger partial charge in [-0.3, -0.25) is 0 Å². The maximum Gasteiger partial charge on any atom is 0.279 e. The molecule has 1 aromatic rings. The summed E-state index contributed by atoms with van der Waals surface area (Å²) < 4.78 is 27.6. The predicted molar refractivity (Wildman–Crippen MR) is 73.0 cm³/mol. The first-order valence-corrected chi connectivity index (χ1v) is 7.43. The summed E-state index contributed by atoms with van der Waals surface area (Å²) >= 11 is 0. The Kier molecular flexibility index (Phi) is 5.74. The maximum absolute atomic E-state index is 11.9. The minimum absolute atomic E-state index is 0.326. The lowest BCUT2D eigenvalue weighted by atomic mass is 10.1. The molecule has 0 unspecified atom stereocenters. The Bertz CT molecular complexity index is 474. The molecule has 0 aliphatic heterocycles. The van der Waals surface area contributed by atoms with Gasteiger partial charge in [0, 0.05) is 26.7 Å². The lowest BCUT2D eigenvalue weighted by Crippen LogP contribution is -2.38. The molecule has 18 heavy (non-hydrogen) atoms. The average molecular weight is 271 g/mol. The van der Waals surface area contributed by atoms with E-state index in [1.54, 1.807) is 7.05 Å². The maximum atomic E-state index is 11.9. The Hall–Kier alpha value is -0.950. The van der Waals surface area contributed by atoms with Crippen molar-refractivity contribution < 1.29 is 8.42 Å². The number of benzene rings is 1. The number of hydrogen-bond acceptors (Lipinski definition) is 3. The van der Waals surface area contributed by atoms with Crippen molar-refractivity contribution in [2.45, 2.75) is 26.4 Å². The topological polar surface area (TPSA) is 75.4 Å². The largest absolute Gasteiger partial charge is 0.326 e. The smallest absolute Gasteiger partial charge is 0.279 e. The molecule has 0 bridgehead atoms. The minimum Gasteiger partial charge on any atom is -0.326 e. The Morgan fingerprint density at radius 1 is 1.28 bits per heavy atom. The molecule has 0 radical (unpaired) electrons. The van der Waals surface area contributed by atoms with Crippen molar-refractivity contribution in [2.75, 3.05) is 13.6 Å². The van der Waals surface area contributed by atoms with E-state index in [0.717, 1.165) is 17.5 Å². The Labute approximate surface area is 109 Å². The molecule has 0 amide bonds. The highest BCUT2D eigenvalue weighted by atomic mass is 32.2. The molecule has 0 saturated carbocycles. The highest BCUT2D eigenvalue weighted by Gasteiger charge is 2.17. The zero-order chi connectivity index (χ0) is 13.6. The van der Waals surface area contributed by atoms with Crippen LogP contribution in [0.15, 0.2) is 24.3 Å². The fourth-order valence-electron chi connectivity index (χ4n) is 1.58. The number of nitrogens with two attached hydrogens (primary N) is 1. The van der Waals surface area contributed by atoms with Gasteiger partial charge in [0.05, 0.1) is 0 Å². The zero-order valence-electron chi connectivity index (χ0n) is 10.9. The van der Waals surface area contributed by atoms with E-state index in [1.807, 2.05) is 31.2 Å². The van der Waals surface area contributed by atoms with Crippen molar-refractivity contribution in [3.8, 4) is 0 Å².